The standard InChI is InChI=1S/C16H12N2O3/c19-15(20)8-13-12-5-1-2-6-14(12)18(16(13)21)10-11-4-3-7-17-9-11/h1-9H,10H2,(H,19,20)/b13-8+. The summed E-state index contributed by atoms with van der Waals surface area (Å²) in [5.41, 5.74) is 2.46. The largest absolute Gasteiger partial charge is 0.478 e. The van der Waals surface area contributed by atoms with Gasteiger partial charge in [0.25, 0.3) is 5.91 Å². The van der Waals surface area contributed by atoms with Crippen LogP contribution in [0.25, 0.3) is 5.57 Å². The van der Waals surface area contributed by atoms with Crippen molar-refractivity contribution in [3.8, 4) is 0 Å². The fourth-order valence-corrected chi connectivity index (χ4v) is 2.40. The molecule has 0 aliphatic carbocycles. The first-order chi connectivity index (χ1) is 10.2. The van der Waals surface area contributed by atoms with Crippen LogP contribution in [0.3, 0.4) is 0 Å². The topological polar surface area (TPSA) is 70.5 Å². The number of nitrogens with zero attached hydrogens (tertiary/aromatic N) is 2. The van der Waals surface area contributed by atoms with Crippen LogP contribution in [-0.4, -0.2) is 22.0 Å². The molecule has 0 bridgehead atoms. The van der Waals surface area contributed by atoms with E-state index in [4.69, 9.17) is 5.11 Å². The van der Waals surface area contributed by atoms with E-state index in [0.29, 0.717) is 12.1 Å². The molecule has 1 aliphatic heterocycles. The Balaban J connectivity index is 2.03. The van der Waals surface area contributed by atoms with Gasteiger partial charge in [0, 0.05) is 24.0 Å². The highest BCUT2D eigenvalue weighted by Crippen LogP contribution is 2.37. The van der Waals surface area contributed by atoms with Crippen LogP contribution in [0.1, 0.15) is 11.1 Å². The summed E-state index contributed by atoms with van der Waals surface area (Å²) in [6.07, 6.45) is 4.32. The van der Waals surface area contributed by atoms with Gasteiger partial charge in [-0.2, -0.15) is 0 Å². The molecule has 5 heteroatoms. The summed E-state index contributed by atoms with van der Waals surface area (Å²) in [5, 5.41) is 8.94. The number of aromatic nitrogens is 1. The third-order valence-corrected chi connectivity index (χ3v) is 3.29. The molecule has 0 atom stereocenters. The van der Waals surface area contributed by atoms with E-state index in [2.05, 4.69) is 4.98 Å². The number of para-hydroxylation sites is 1. The fourth-order valence-electron chi connectivity index (χ4n) is 2.40. The molecule has 2 heterocycles. The highest BCUT2D eigenvalue weighted by atomic mass is 16.4. The molecule has 3 rings (SSSR count). The van der Waals surface area contributed by atoms with Gasteiger partial charge in [-0.05, 0) is 17.7 Å². The van der Waals surface area contributed by atoms with Crippen LogP contribution in [0.15, 0.2) is 54.9 Å². The summed E-state index contributed by atoms with van der Waals surface area (Å²) in [4.78, 5) is 29.0. The number of benzene rings is 1. The molecular weight excluding hydrogens is 268 g/mol. The Morgan fingerprint density at radius 1 is 1.24 bits per heavy atom. The number of hydrogen-bond donors (Lipinski definition) is 1. The lowest BCUT2D eigenvalue weighted by Gasteiger charge is -2.16. The quantitative estimate of drug-likeness (QED) is 0.874. The Labute approximate surface area is 121 Å². The number of carbonyl (C=O) groups is 2. The van der Waals surface area contributed by atoms with Gasteiger partial charge in [0.1, 0.15) is 0 Å². The Morgan fingerprint density at radius 2 is 2.05 bits per heavy atom. The van der Waals surface area contributed by atoms with Crippen LogP contribution in [0.2, 0.25) is 0 Å². The molecule has 0 saturated heterocycles. The van der Waals surface area contributed by atoms with E-state index in [9.17, 15) is 9.59 Å². The number of hydrogen-bond acceptors (Lipinski definition) is 3. The first-order valence-electron chi connectivity index (χ1n) is 6.41. The summed E-state index contributed by atoms with van der Waals surface area (Å²) in [6, 6.07) is 10.9. The number of carboxylic acids is 1. The molecule has 0 unspecified atom stereocenters. The minimum Gasteiger partial charge on any atom is -0.478 e. The van der Waals surface area contributed by atoms with Crippen LogP contribution in [0.4, 0.5) is 5.69 Å². The van der Waals surface area contributed by atoms with Crippen molar-refractivity contribution < 1.29 is 14.7 Å². The average Bonchev–Trinajstić information content (AvgIpc) is 2.74. The molecule has 0 spiro atoms. The molecule has 2 aromatic rings. The maximum Gasteiger partial charge on any atom is 0.329 e. The zero-order chi connectivity index (χ0) is 14.8. The number of fused-ring (bicyclic) bond motifs is 1. The molecule has 1 aromatic carbocycles. The Kier molecular flexibility index (Phi) is 3.23. The van der Waals surface area contributed by atoms with Crippen molar-refractivity contribution in [3.05, 3.63) is 66.0 Å². The second-order valence-electron chi connectivity index (χ2n) is 4.67. The number of amides is 1. The van der Waals surface area contributed by atoms with E-state index < -0.39 is 5.97 Å². The molecular formula is C16H12N2O3. The first kappa shape index (κ1) is 13.1. The lowest BCUT2D eigenvalue weighted by atomic mass is 10.1. The van der Waals surface area contributed by atoms with Crippen molar-refractivity contribution in [2.45, 2.75) is 6.54 Å². The second kappa shape index (κ2) is 5.20. The van der Waals surface area contributed by atoms with Gasteiger partial charge in [0.15, 0.2) is 0 Å². The normalized spacial score (nSPS) is 15.3. The van der Waals surface area contributed by atoms with E-state index in [-0.39, 0.29) is 11.5 Å². The van der Waals surface area contributed by atoms with Crippen LogP contribution < -0.4 is 4.90 Å². The smallest absolute Gasteiger partial charge is 0.329 e. The lowest BCUT2D eigenvalue weighted by Crippen LogP contribution is -2.25. The van der Waals surface area contributed by atoms with Gasteiger partial charge in [0.2, 0.25) is 0 Å². The molecule has 0 fully saturated rings. The number of carboxylic acid groups (broad SMARTS) is 1. The van der Waals surface area contributed by atoms with Crippen LogP contribution in [0.5, 0.6) is 0 Å². The summed E-state index contributed by atoms with van der Waals surface area (Å²) < 4.78 is 0. The zero-order valence-electron chi connectivity index (χ0n) is 11.1. The maximum atomic E-state index is 12.5. The molecule has 1 amide bonds. The molecule has 0 saturated carbocycles. The third-order valence-electron chi connectivity index (χ3n) is 3.29. The highest BCUT2D eigenvalue weighted by molar-refractivity contribution is 6.34. The highest BCUT2D eigenvalue weighted by Gasteiger charge is 2.32. The first-order valence-corrected chi connectivity index (χ1v) is 6.41. The monoisotopic (exact) mass is 280 g/mol. The Hall–Kier alpha value is -2.95. The van der Waals surface area contributed by atoms with Gasteiger partial charge in [-0.25, -0.2) is 4.79 Å². The van der Waals surface area contributed by atoms with Crippen LogP contribution in [0, 0.1) is 0 Å². The van der Waals surface area contributed by atoms with Crippen molar-refractivity contribution in [2.24, 2.45) is 0 Å². The SMILES string of the molecule is O=C(O)/C=C1/C(=O)N(Cc2cccnc2)c2ccccc21. The summed E-state index contributed by atoms with van der Waals surface area (Å²) in [5.74, 6) is -1.43. The van der Waals surface area contributed by atoms with Gasteiger partial charge < -0.3 is 10.0 Å². The van der Waals surface area contributed by atoms with E-state index in [1.165, 1.54) is 0 Å². The number of pyridine rings is 1. The molecule has 21 heavy (non-hydrogen) atoms. The van der Waals surface area contributed by atoms with Crippen molar-refractivity contribution in [2.75, 3.05) is 4.90 Å². The lowest BCUT2D eigenvalue weighted by molar-refractivity contribution is -0.131. The molecule has 1 aromatic heterocycles. The van der Waals surface area contributed by atoms with Crippen LogP contribution in [-0.2, 0) is 16.1 Å². The van der Waals surface area contributed by atoms with Crippen molar-refractivity contribution in [1.29, 1.82) is 0 Å². The predicted octanol–water partition coefficient (Wildman–Crippen LogP) is 2.10. The van der Waals surface area contributed by atoms with E-state index in [1.807, 2.05) is 18.2 Å². The fraction of sp³-hybridized carbons (Fsp3) is 0.0625. The number of aliphatic carboxylic acids is 1. The number of rotatable bonds is 3. The van der Waals surface area contributed by atoms with Gasteiger partial charge >= 0.3 is 5.97 Å². The van der Waals surface area contributed by atoms with Crippen molar-refractivity contribution >= 4 is 23.1 Å². The summed E-state index contributed by atoms with van der Waals surface area (Å²) >= 11 is 0. The number of anilines is 1. The average molecular weight is 280 g/mol. The minimum atomic E-state index is -1.13. The molecule has 1 N–H and O–H groups in total. The Morgan fingerprint density at radius 3 is 2.76 bits per heavy atom. The number of carbonyl (C=O) groups excluding carboxylic acids is 1. The zero-order valence-corrected chi connectivity index (χ0v) is 11.1. The van der Waals surface area contributed by atoms with Gasteiger partial charge in [-0.3, -0.25) is 9.78 Å². The molecule has 1 aliphatic rings. The molecule has 104 valence electrons. The van der Waals surface area contributed by atoms with Crippen LogP contribution >= 0.6 is 0 Å². The summed E-state index contributed by atoms with van der Waals surface area (Å²) in [6.45, 7) is 0.362. The van der Waals surface area contributed by atoms with Gasteiger partial charge in [-0.1, -0.05) is 24.3 Å². The van der Waals surface area contributed by atoms with E-state index >= 15 is 0 Å². The van der Waals surface area contributed by atoms with E-state index in [0.717, 1.165) is 17.3 Å². The van der Waals surface area contributed by atoms with Crippen molar-refractivity contribution in [3.63, 3.8) is 0 Å². The third kappa shape index (κ3) is 2.41. The Bertz CT molecular complexity index is 738. The van der Waals surface area contributed by atoms with Gasteiger partial charge in [0.05, 0.1) is 17.8 Å². The minimum absolute atomic E-state index is 0.210. The molecule has 5 nitrogen and oxygen atoms in total. The van der Waals surface area contributed by atoms with Gasteiger partial charge in [-0.15, -0.1) is 0 Å². The summed E-state index contributed by atoms with van der Waals surface area (Å²) in [7, 11) is 0. The predicted molar refractivity (Wildman–Crippen MR) is 77.5 cm³/mol. The van der Waals surface area contributed by atoms with Crippen molar-refractivity contribution in [1.82, 2.24) is 4.98 Å². The second-order valence-corrected chi connectivity index (χ2v) is 4.67. The molecule has 0 radical (unpaired) electrons. The maximum absolute atomic E-state index is 12.5. The van der Waals surface area contributed by atoms with E-state index in [1.54, 1.807) is 35.5 Å².